The van der Waals surface area contributed by atoms with E-state index >= 15 is 0 Å². The predicted molar refractivity (Wildman–Crippen MR) is 158 cm³/mol. The van der Waals surface area contributed by atoms with Crippen LogP contribution in [0.15, 0.2) is 60.7 Å². The number of carbonyl (C=O) groups excluding carboxylic acids is 4. The number of hydrogen-bond donors (Lipinski definition) is 1. The zero-order valence-corrected chi connectivity index (χ0v) is 26.2. The number of carbonyl (C=O) groups is 4. The van der Waals surface area contributed by atoms with Crippen molar-refractivity contribution in [2.45, 2.75) is 70.7 Å². The van der Waals surface area contributed by atoms with Gasteiger partial charge in [-0.3, -0.25) is 19.2 Å². The van der Waals surface area contributed by atoms with Crippen molar-refractivity contribution < 1.29 is 47.2 Å². The van der Waals surface area contributed by atoms with E-state index in [0.29, 0.717) is 0 Å². The molecule has 1 amide bonds. The van der Waals surface area contributed by atoms with Crippen LogP contribution in [0, 0.1) is 0 Å². The van der Waals surface area contributed by atoms with Crippen LogP contribution in [0.2, 0.25) is 0 Å². The minimum atomic E-state index is -3.25. The first-order chi connectivity index (χ1) is 20.0. The predicted octanol–water partition coefficient (Wildman–Crippen LogP) is 4.03. The fraction of sp³-hybridized carbons (Fsp3) is 0.429. The minimum Gasteiger partial charge on any atom is -0.463 e. The van der Waals surface area contributed by atoms with E-state index in [0.717, 1.165) is 22.5 Å². The molecular formula is C28H34NO10PS2. The smallest absolute Gasteiger partial charge is 0.303 e. The zero-order valence-electron chi connectivity index (χ0n) is 23.6. The van der Waals surface area contributed by atoms with E-state index in [2.05, 4.69) is 5.32 Å². The molecule has 2 aromatic rings. The molecule has 14 heteroatoms. The van der Waals surface area contributed by atoms with Crippen molar-refractivity contribution in [3.05, 3.63) is 71.8 Å². The second kappa shape index (κ2) is 16.2. The first-order valence-corrected chi connectivity index (χ1v) is 17.1. The fourth-order valence-corrected chi connectivity index (χ4v) is 8.74. The van der Waals surface area contributed by atoms with Crippen molar-refractivity contribution in [3.63, 3.8) is 0 Å². The van der Waals surface area contributed by atoms with Crippen LogP contribution in [0.4, 0.5) is 0 Å². The fourth-order valence-electron chi connectivity index (χ4n) is 4.06. The quantitative estimate of drug-likeness (QED) is 0.193. The van der Waals surface area contributed by atoms with Crippen LogP contribution in [0.25, 0.3) is 0 Å². The Hall–Kier alpha value is -2.80. The van der Waals surface area contributed by atoms with Crippen LogP contribution in [0.3, 0.4) is 0 Å². The molecule has 1 fully saturated rings. The van der Waals surface area contributed by atoms with Gasteiger partial charge in [-0.05, 0) is 34.3 Å². The van der Waals surface area contributed by atoms with Gasteiger partial charge < -0.3 is 33.3 Å². The first kappa shape index (κ1) is 33.7. The summed E-state index contributed by atoms with van der Waals surface area (Å²) in [5.41, 5.74) is -2.56. The van der Waals surface area contributed by atoms with Crippen molar-refractivity contribution in [3.8, 4) is 0 Å². The van der Waals surface area contributed by atoms with Gasteiger partial charge >= 0.3 is 17.9 Å². The number of nitrogens with one attached hydrogen (secondary N) is 1. The second-order valence-electron chi connectivity index (χ2n) is 9.29. The molecule has 1 heterocycles. The van der Waals surface area contributed by atoms with Gasteiger partial charge in [-0.25, -0.2) is 0 Å². The molecule has 3 rings (SSSR count). The summed E-state index contributed by atoms with van der Waals surface area (Å²) in [6.45, 7) is 4.81. The van der Waals surface area contributed by atoms with Crippen LogP contribution < -0.4 is 5.32 Å². The third kappa shape index (κ3) is 10.8. The van der Waals surface area contributed by atoms with Crippen LogP contribution in [0.5, 0.6) is 0 Å². The van der Waals surface area contributed by atoms with Crippen molar-refractivity contribution in [2.24, 2.45) is 0 Å². The molecule has 5 atom stereocenters. The lowest BCUT2D eigenvalue weighted by atomic mass is 9.97. The Morgan fingerprint density at radius 1 is 0.810 bits per heavy atom. The molecule has 0 saturated carbocycles. The van der Waals surface area contributed by atoms with Gasteiger partial charge in [-0.1, -0.05) is 60.7 Å². The highest BCUT2D eigenvalue weighted by atomic mass is 32.9. The normalized spacial score (nSPS) is 22.0. The van der Waals surface area contributed by atoms with Crippen LogP contribution in [-0.2, 0) is 72.2 Å². The second-order valence-corrected chi connectivity index (χ2v) is 15.6. The molecule has 0 aliphatic carbocycles. The Morgan fingerprint density at radius 2 is 1.31 bits per heavy atom. The van der Waals surface area contributed by atoms with E-state index < -0.39 is 59.3 Å². The van der Waals surface area contributed by atoms with Crippen LogP contribution in [0.1, 0.15) is 38.8 Å². The zero-order chi connectivity index (χ0) is 30.7. The number of ether oxygens (including phenoxy) is 4. The molecule has 1 aliphatic heterocycles. The lowest BCUT2D eigenvalue weighted by Crippen LogP contribution is -2.65. The van der Waals surface area contributed by atoms with Crippen molar-refractivity contribution in [2.75, 3.05) is 6.61 Å². The standard InChI is InChI=1S/C28H34NO10PS2/c1-18(30)29-25-27(38-21(4)33)26(37-20(3)32)24(17-34-19(2)31)39-28(25)42-40(41,35-15-22-11-7-5-8-12-22)36-16-23-13-9-6-10-14-23/h5-14,24-28H,15-17H2,1-4H3,(H,29,30)/t24-,25-,26-,27-,28+/m1/s1. The SMILES string of the molecule is CC(=O)N[C@@H]1[C@@H](OC(C)=O)[C@H](OC(C)=O)[C@@H](COC(C)=O)O[C@H]1SP(=S)(OCc1ccccc1)OCc1ccccc1. The first-order valence-electron chi connectivity index (χ1n) is 13.0. The molecule has 1 N–H and O–H groups in total. The van der Waals surface area contributed by atoms with E-state index in [1.54, 1.807) is 0 Å². The van der Waals surface area contributed by atoms with Crippen molar-refractivity contribution in [1.29, 1.82) is 0 Å². The minimum absolute atomic E-state index is 0.137. The summed E-state index contributed by atoms with van der Waals surface area (Å²) in [5, 5.41) is 2.75. The molecule has 0 bridgehead atoms. The number of rotatable bonds is 13. The van der Waals surface area contributed by atoms with Crippen LogP contribution >= 0.6 is 17.1 Å². The average Bonchev–Trinajstić information content (AvgIpc) is 2.93. The molecule has 42 heavy (non-hydrogen) atoms. The molecule has 228 valence electrons. The van der Waals surface area contributed by atoms with Gasteiger partial charge in [0.05, 0.1) is 13.2 Å². The summed E-state index contributed by atoms with van der Waals surface area (Å²) >= 11 is 7.00. The number of benzene rings is 2. The summed E-state index contributed by atoms with van der Waals surface area (Å²) < 4.78 is 35.0. The van der Waals surface area contributed by atoms with Crippen molar-refractivity contribution >= 4 is 52.7 Å². The van der Waals surface area contributed by atoms with Gasteiger partial charge in [0.2, 0.25) is 5.91 Å². The van der Waals surface area contributed by atoms with Gasteiger partial charge in [-0.15, -0.1) is 0 Å². The molecule has 1 aliphatic rings. The lowest BCUT2D eigenvalue weighted by molar-refractivity contribution is -0.211. The number of hydrogen-bond acceptors (Lipinski definition) is 12. The molecule has 0 radical (unpaired) electrons. The summed E-state index contributed by atoms with van der Waals surface area (Å²) in [7, 11) is 0. The van der Waals surface area contributed by atoms with Crippen LogP contribution in [-0.4, -0.2) is 60.2 Å². The maximum absolute atomic E-state index is 12.3. The Labute approximate surface area is 253 Å². The number of amides is 1. The monoisotopic (exact) mass is 639 g/mol. The van der Waals surface area contributed by atoms with Gasteiger partial charge in [0.15, 0.2) is 12.2 Å². The summed E-state index contributed by atoms with van der Waals surface area (Å²) in [4.78, 5) is 48.2. The highest BCUT2D eigenvalue weighted by Gasteiger charge is 2.52. The third-order valence-corrected chi connectivity index (χ3v) is 11.0. The Morgan fingerprint density at radius 3 is 1.76 bits per heavy atom. The molecule has 1 saturated heterocycles. The van der Waals surface area contributed by atoms with Gasteiger partial charge in [0.1, 0.15) is 24.2 Å². The molecule has 2 aromatic carbocycles. The van der Waals surface area contributed by atoms with E-state index in [1.165, 1.54) is 27.7 Å². The largest absolute Gasteiger partial charge is 0.463 e. The van der Waals surface area contributed by atoms with E-state index in [4.69, 9.17) is 39.8 Å². The maximum Gasteiger partial charge on any atom is 0.303 e. The summed E-state index contributed by atoms with van der Waals surface area (Å²) in [6, 6.07) is 17.7. The molecule has 0 spiro atoms. The molecule has 0 unspecified atom stereocenters. The highest BCUT2D eigenvalue weighted by Crippen LogP contribution is 2.65. The Bertz CT molecular complexity index is 1220. The summed E-state index contributed by atoms with van der Waals surface area (Å²) in [5.74, 6) is -2.44. The Balaban J connectivity index is 1.98. The molecule has 11 nitrogen and oxygen atoms in total. The molecule has 0 aromatic heterocycles. The molecular weight excluding hydrogens is 605 g/mol. The summed E-state index contributed by atoms with van der Waals surface area (Å²) in [6.07, 6.45) is -3.50. The topological polar surface area (TPSA) is 136 Å². The van der Waals surface area contributed by atoms with Gasteiger partial charge in [-0.2, -0.15) is 0 Å². The number of esters is 3. The lowest BCUT2D eigenvalue weighted by Gasteiger charge is -2.45. The average molecular weight is 640 g/mol. The van der Waals surface area contributed by atoms with Gasteiger partial charge in [0, 0.05) is 27.7 Å². The van der Waals surface area contributed by atoms with E-state index in [9.17, 15) is 19.2 Å². The van der Waals surface area contributed by atoms with Gasteiger partial charge in [0.25, 0.3) is 5.69 Å². The third-order valence-electron chi connectivity index (χ3n) is 5.77. The van der Waals surface area contributed by atoms with E-state index in [1.807, 2.05) is 60.7 Å². The Kier molecular flexibility index (Phi) is 13.0. The maximum atomic E-state index is 12.3. The van der Waals surface area contributed by atoms with E-state index in [-0.39, 0.29) is 19.8 Å². The highest BCUT2D eigenvalue weighted by molar-refractivity contribution is 8.68. The van der Waals surface area contributed by atoms with Crippen molar-refractivity contribution in [1.82, 2.24) is 5.32 Å².